The number of pyridine rings is 1. The van der Waals surface area contributed by atoms with Crippen molar-refractivity contribution in [2.24, 2.45) is 0 Å². The Morgan fingerprint density at radius 3 is 2.27 bits per heavy atom. The van der Waals surface area contributed by atoms with Crippen LogP contribution in [0, 0.1) is 6.92 Å². The van der Waals surface area contributed by atoms with E-state index < -0.39 is 10.0 Å². The topological polar surface area (TPSA) is 99.6 Å². The second-order valence-corrected chi connectivity index (χ2v) is 9.30. The number of hydrogen-bond donors (Lipinski definition) is 2. The van der Waals surface area contributed by atoms with Crippen LogP contribution in [0.2, 0.25) is 0 Å². The molecule has 2 N–H and O–H groups in total. The summed E-state index contributed by atoms with van der Waals surface area (Å²) in [5.74, 6) is -0.279. The molecule has 1 aromatic carbocycles. The van der Waals surface area contributed by atoms with Crippen LogP contribution in [0.4, 0.5) is 0 Å². The third-order valence-electron chi connectivity index (χ3n) is 5.05. The summed E-state index contributed by atoms with van der Waals surface area (Å²) in [4.78, 5) is 16.5. The van der Waals surface area contributed by atoms with Crippen LogP contribution in [0.3, 0.4) is 0 Å². The monoisotopic (exact) mass is 433 g/mol. The normalized spacial score (nSPS) is 12.9. The summed E-state index contributed by atoms with van der Waals surface area (Å²) >= 11 is 0. The first-order valence-corrected chi connectivity index (χ1v) is 11.6. The number of hydrogen-bond acceptors (Lipinski definition) is 5. The van der Waals surface area contributed by atoms with E-state index in [4.69, 9.17) is 5.11 Å². The fraction of sp³-hybridized carbons (Fsp3) is 0.455. The van der Waals surface area contributed by atoms with Crippen molar-refractivity contribution in [3.63, 3.8) is 0 Å². The summed E-state index contributed by atoms with van der Waals surface area (Å²) in [6.07, 6.45) is 2.78. The molecule has 0 unspecified atom stereocenters. The van der Waals surface area contributed by atoms with Gasteiger partial charge in [-0.25, -0.2) is 8.42 Å². The Bertz CT molecular complexity index is 924. The molecule has 1 aromatic heterocycles. The molecule has 164 valence electrons. The van der Waals surface area contributed by atoms with Crippen molar-refractivity contribution < 1.29 is 18.3 Å². The third kappa shape index (κ3) is 5.87. The highest BCUT2D eigenvalue weighted by Gasteiger charge is 2.30. The molecule has 30 heavy (non-hydrogen) atoms. The Kier molecular flexibility index (Phi) is 8.52. The standard InChI is InChI=1S/C22H31N3O4S/c1-5-20(6-2)25(30(28,29)21-12-7-16(3)23-13-21)14-18-8-10-19(11-9-18)22(27)24-17(4)15-26/h7-13,17,20,26H,5-6,14-15H2,1-4H3,(H,24,27)/t17-/m1/s1. The smallest absolute Gasteiger partial charge is 0.251 e. The minimum absolute atomic E-state index is 0.139. The summed E-state index contributed by atoms with van der Waals surface area (Å²) in [7, 11) is -3.72. The van der Waals surface area contributed by atoms with Gasteiger partial charge in [0.05, 0.1) is 6.61 Å². The first-order chi connectivity index (χ1) is 14.2. The minimum atomic E-state index is -3.72. The Morgan fingerprint density at radius 2 is 1.77 bits per heavy atom. The first-order valence-electron chi connectivity index (χ1n) is 10.2. The zero-order chi connectivity index (χ0) is 22.3. The molecular formula is C22H31N3O4S. The van der Waals surface area contributed by atoms with Gasteiger partial charge in [0, 0.05) is 36.1 Å². The van der Waals surface area contributed by atoms with Crippen molar-refractivity contribution in [2.45, 2.75) is 64.1 Å². The average molecular weight is 434 g/mol. The van der Waals surface area contributed by atoms with Gasteiger partial charge in [0.2, 0.25) is 10.0 Å². The number of aliphatic hydroxyl groups is 1. The van der Waals surface area contributed by atoms with Crippen molar-refractivity contribution in [2.75, 3.05) is 6.61 Å². The molecule has 0 aliphatic carbocycles. The Hall–Kier alpha value is -2.29. The largest absolute Gasteiger partial charge is 0.394 e. The number of rotatable bonds is 10. The van der Waals surface area contributed by atoms with Crippen molar-refractivity contribution in [1.29, 1.82) is 0 Å². The maximum absolute atomic E-state index is 13.3. The van der Waals surface area contributed by atoms with E-state index in [0.29, 0.717) is 18.4 Å². The molecule has 1 heterocycles. The number of aromatic nitrogens is 1. The summed E-state index contributed by atoms with van der Waals surface area (Å²) in [5, 5.41) is 11.8. The predicted molar refractivity (Wildman–Crippen MR) is 117 cm³/mol. The zero-order valence-electron chi connectivity index (χ0n) is 18.0. The summed E-state index contributed by atoms with van der Waals surface area (Å²) in [6.45, 7) is 7.54. The first kappa shape index (κ1) is 24.0. The van der Waals surface area contributed by atoms with Crippen molar-refractivity contribution in [3.8, 4) is 0 Å². The van der Waals surface area contributed by atoms with E-state index in [1.807, 2.05) is 20.8 Å². The summed E-state index contributed by atoms with van der Waals surface area (Å²) in [5.41, 5.74) is 2.00. The van der Waals surface area contributed by atoms with Gasteiger partial charge in [0.15, 0.2) is 0 Å². The maximum Gasteiger partial charge on any atom is 0.251 e. The fourth-order valence-electron chi connectivity index (χ4n) is 3.14. The van der Waals surface area contributed by atoms with Gasteiger partial charge >= 0.3 is 0 Å². The molecule has 2 aromatic rings. The molecule has 1 atom stereocenters. The van der Waals surface area contributed by atoms with E-state index in [1.165, 1.54) is 10.5 Å². The molecule has 0 fully saturated rings. The van der Waals surface area contributed by atoms with Gasteiger partial charge in [-0.3, -0.25) is 9.78 Å². The second-order valence-electron chi connectivity index (χ2n) is 7.41. The number of amides is 1. The molecule has 0 saturated heterocycles. The summed E-state index contributed by atoms with van der Waals surface area (Å²) in [6, 6.07) is 9.65. The van der Waals surface area contributed by atoms with E-state index in [2.05, 4.69) is 10.3 Å². The Balaban J connectivity index is 2.29. The van der Waals surface area contributed by atoms with Crippen molar-refractivity contribution in [3.05, 3.63) is 59.4 Å². The average Bonchev–Trinajstić information content (AvgIpc) is 2.74. The molecular weight excluding hydrogens is 402 g/mol. The van der Waals surface area contributed by atoms with Crippen molar-refractivity contribution in [1.82, 2.24) is 14.6 Å². The van der Waals surface area contributed by atoms with Gasteiger partial charge in [-0.15, -0.1) is 0 Å². The Morgan fingerprint density at radius 1 is 1.13 bits per heavy atom. The number of nitrogens with zero attached hydrogens (tertiary/aromatic N) is 2. The third-order valence-corrected chi connectivity index (χ3v) is 6.93. The summed E-state index contributed by atoms with van der Waals surface area (Å²) < 4.78 is 28.2. The van der Waals surface area contributed by atoms with Crippen LogP contribution in [0.15, 0.2) is 47.5 Å². The van der Waals surface area contributed by atoms with Crippen LogP contribution in [-0.2, 0) is 16.6 Å². The van der Waals surface area contributed by atoms with Gasteiger partial charge in [-0.05, 0) is 56.5 Å². The lowest BCUT2D eigenvalue weighted by Gasteiger charge is -2.29. The fourth-order valence-corrected chi connectivity index (χ4v) is 4.85. The number of nitrogens with one attached hydrogen (secondary N) is 1. The maximum atomic E-state index is 13.3. The highest BCUT2D eigenvalue weighted by molar-refractivity contribution is 7.89. The van der Waals surface area contributed by atoms with Crippen LogP contribution in [0.25, 0.3) is 0 Å². The Labute approximate surface area is 179 Å². The molecule has 0 radical (unpaired) electrons. The van der Waals surface area contributed by atoms with Crippen LogP contribution in [0.5, 0.6) is 0 Å². The quantitative estimate of drug-likeness (QED) is 0.600. The molecule has 7 nitrogen and oxygen atoms in total. The zero-order valence-corrected chi connectivity index (χ0v) is 18.8. The SMILES string of the molecule is CCC(CC)N(Cc1ccc(C(=O)N[C@H](C)CO)cc1)S(=O)(=O)c1ccc(C)nc1. The van der Waals surface area contributed by atoms with Gasteiger partial charge in [-0.2, -0.15) is 4.31 Å². The van der Waals surface area contributed by atoms with E-state index in [-0.39, 0.29) is 36.0 Å². The molecule has 0 aliphatic heterocycles. The molecule has 1 amide bonds. The molecule has 0 saturated carbocycles. The van der Waals surface area contributed by atoms with Crippen LogP contribution in [0.1, 0.15) is 55.2 Å². The van der Waals surface area contributed by atoms with E-state index >= 15 is 0 Å². The number of carbonyl (C=O) groups is 1. The number of sulfonamides is 1. The van der Waals surface area contributed by atoms with Gasteiger partial charge in [0.1, 0.15) is 4.90 Å². The van der Waals surface area contributed by atoms with Crippen LogP contribution < -0.4 is 5.32 Å². The van der Waals surface area contributed by atoms with E-state index in [1.54, 1.807) is 43.3 Å². The number of aliphatic hydroxyl groups excluding tert-OH is 1. The van der Waals surface area contributed by atoms with Crippen LogP contribution in [-0.4, -0.2) is 47.4 Å². The van der Waals surface area contributed by atoms with E-state index in [9.17, 15) is 13.2 Å². The number of carbonyl (C=O) groups excluding carboxylic acids is 1. The molecule has 0 aliphatic rings. The van der Waals surface area contributed by atoms with Crippen LogP contribution >= 0.6 is 0 Å². The number of aryl methyl sites for hydroxylation is 1. The minimum Gasteiger partial charge on any atom is -0.394 e. The second kappa shape index (κ2) is 10.7. The molecule has 0 spiro atoms. The van der Waals surface area contributed by atoms with Gasteiger partial charge in [0.25, 0.3) is 5.91 Å². The van der Waals surface area contributed by atoms with Gasteiger partial charge in [-0.1, -0.05) is 26.0 Å². The van der Waals surface area contributed by atoms with Gasteiger partial charge < -0.3 is 10.4 Å². The lowest BCUT2D eigenvalue weighted by Crippen LogP contribution is -2.39. The van der Waals surface area contributed by atoms with E-state index in [0.717, 1.165) is 11.3 Å². The molecule has 2 rings (SSSR count). The molecule has 8 heteroatoms. The highest BCUT2D eigenvalue weighted by atomic mass is 32.2. The molecule has 0 bridgehead atoms. The number of benzene rings is 1. The van der Waals surface area contributed by atoms with Crippen molar-refractivity contribution >= 4 is 15.9 Å². The highest BCUT2D eigenvalue weighted by Crippen LogP contribution is 2.24. The lowest BCUT2D eigenvalue weighted by atomic mass is 10.1. The lowest BCUT2D eigenvalue weighted by molar-refractivity contribution is 0.0922. The predicted octanol–water partition coefficient (Wildman–Crippen LogP) is 2.88.